The first kappa shape index (κ1) is 11.5. The van der Waals surface area contributed by atoms with Gasteiger partial charge >= 0.3 is 5.97 Å². The van der Waals surface area contributed by atoms with Crippen molar-refractivity contribution in [2.24, 2.45) is 5.73 Å². The van der Waals surface area contributed by atoms with Gasteiger partial charge in [0.1, 0.15) is 11.7 Å². The Morgan fingerprint density at radius 2 is 1.87 bits per heavy atom. The number of aliphatic carboxylic acids is 1. The number of carbonyl (C=O) groups excluding carboxylic acids is 1. The Balaban J connectivity index is 2.72. The number of hydrogen-bond donors (Lipinski definition) is 2. The molecule has 0 unspecified atom stereocenters. The second kappa shape index (κ2) is 4.75. The molecule has 2 radical (unpaired) electrons. The lowest BCUT2D eigenvalue weighted by molar-refractivity contribution is -0.138. The van der Waals surface area contributed by atoms with E-state index in [9.17, 15) is 9.59 Å². The van der Waals surface area contributed by atoms with Gasteiger partial charge in [-0.2, -0.15) is 0 Å². The van der Waals surface area contributed by atoms with Gasteiger partial charge in [-0.25, -0.2) is 0 Å². The fraction of sp³-hybridized carbons (Fsp3) is 0.200. The second-order valence-electron chi connectivity index (χ2n) is 3.21. The maximum Gasteiger partial charge on any atom is 0.320 e. The molecule has 0 heterocycles. The van der Waals surface area contributed by atoms with Gasteiger partial charge in [-0.1, -0.05) is 24.3 Å². The van der Waals surface area contributed by atoms with Gasteiger partial charge in [0.2, 0.25) is 0 Å². The predicted octanol–water partition coefficient (Wildman–Crippen LogP) is -0.0503. The SMILES string of the molecule is [B]C(=O)c1ccc(C[C@H](N)C(=O)O)cc1. The number of carbonyl (C=O) groups is 2. The highest BCUT2D eigenvalue weighted by Gasteiger charge is 2.11. The van der Waals surface area contributed by atoms with Gasteiger partial charge in [0.25, 0.3) is 0 Å². The van der Waals surface area contributed by atoms with Crippen LogP contribution in [0.5, 0.6) is 0 Å². The van der Waals surface area contributed by atoms with Crippen molar-refractivity contribution in [2.75, 3.05) is 0 Å². The van der Waals surface area contributed by atoms with Gasteiger partial charge in [-0.15, -0.1) is 0 Å². The third-order valence-corrected chi connectivity index (χ3v) is 2.01. The van der Waals surface area contributed by atoms with E-state index in [4.69, 9.17) is 18.7 Å². The Kier molecular flexibility index (Phi) is 3.63. The highest BCUT2D eigenvalue weighted by Crippen LogP contribution is 2.06. The Morgan fingerprint density at radius 1 is 1.33 bits per heavy atom. The molecule has 76 valence electrons. The molecule has 0 aliphatic heterocycles. The van der Waals surface area contributed by atoms with Crippen LogP contribution in [0.1, 0.15) is 15.9 Å². The first-order chi connectivity index (χ1) is 7.00. The summed E-state index contributed by atoms with van der Waals surface area (Å²) in [6.07, 6.45) is 0.231. The number of rotatable bonds is 4. The summed E-state index contributed by atoms with van der Waals surface area (Å²) in [7, 11) is 5.06. The summed E-state index contributed by atoms with van der Waals surface area (Å²) in [5.41, 5.74) is 6.00. The summed E-state index contributed by atoms with van der Waals surface area (Å²) in [5, 5.41) is 8.59. The van der Waals surface area contributed by atoms with Gasteiger partial charge in [0.15, 0.2) is 7.85 Å². The van der Waals surface area contributed by atoms with Gasteiger partial charge in [-0.3, -0.25) is 4.79 Å². The number of hydrogen-bond acceptors (Lipinski definition) is 3. The van der Waals surface area contributed by atoms with Crippen LogP contribution in [0.15, 0.2) is 24.3 Å². The van der Waals surface area contributed by atoms with Crippen molar-refractivity contribution in [2.45, 2.75) is 12.5 Å². The zero-order valence-electron chi connectivity index (χ0n) is 8.01. The molecule has 0 spiro atoms. The molecular weight excluding hydrogens is 193 g/mol. The molecular formula is C10H10BNO3. The van der Waals surface area contributed by atoms with Crippen LogP contribution in [0.4, 0.5) is 0 Å². The molecule has 1 aromatic carbocycles. The number of carboxylic acids is 1. The van der Waals surface area contributed by atoms with E-state index < -0.39 is 17.7 Å². The van der Waals surface area contributed by atoms with Crippen molar-refractivity contribution in [3.8, 4) is 0 Å². The summed E-state index contributed by atoms with van der Waals surface area (Å²) >= 11 is 0. The predicted molar refractivity (Wildman–Crippen MR) is 55.8 cm³/mol. The fourth-order valence-corrected chi connectivity index (χ4v) is 1.15. The summed E-state index contributed by atoms with van der Waals surface area (Å²) in [4.78, 5) is 21.2. The average Bonchev–Trinajstić information content (AvgIpc) is 2.18. The molecule has 0 aliphatic carbocycles. The van der Waals surface area contributed by atoms with Crippen molar-refractivity contribution >= 4 is 19.5 Å². The molecule has 15 heavy (non-hydrogen) atoms. The number of nitrogens with two attached hydrogens (primary N) is 1. The molecule has 1 aromatic rings. The van der Waals surface area contributed by atoms with Crippen molar-refractivity contribution in [3.05, 3.63) is 35.4 Å². The Bertz CT molecular complexity index is 375. The highest BCUT2D eigenvalue weighted by molar-refractivity contribution is 6.62. The van der Waals surface area contributed by atoms with E-state index in [0.717, 1.165) is 5.56 Å². The molecule has 0 bridgehead atoms. The molecule has 5 heteroatoms. The van der Waals surface area contributed by atoms with Crippen molar-refractivity contribution < 1.29 is 14.7 Å². The third-order valence-electron chi connectivity index (χ3n) is 2.01. The topological polar surface area (TPSA) is 80.4 Å². The first-order valence-corrected chi connectivity index (χ1v) is 4.38. The molecule has 0 fully saturated rings. The van der Waals surface area contributed by atoms with E-state index in [-0.39, 0.29) is 6.42 Å². The van der Waals surface area contributed by atoms with Crippen molar-refractivity contribution in [3.63, 3.8) is 0 Å². The Hall–Kier alpha value is -1.62. The summed E-state index contributed by atoms with van der Waals surface area (Å²) < 4.78 is 0. The Morgan fingerprint density at radius 3 is 2.27 bits per heavy atom. The van der Waals surface area contributed by atoms with Crippen LogP contribution < -0.4 is 5.73 Å². The molecule has 1 atom stereocenters. The van der Waals surface area contributed by atoms with Gasteiger partial charge < -0.3 is 15.6 Å². The van der Waals surface area contributed by atoms with Crippen molar-refractivity contribution in [1.82, 2.24) is 0 Å². The summed E-state index contributed by atoms with van der Waals surface area (Å²) in [5.74, 6) is -1.05. The van der Waals surface area contributed by atoms with Crippen LogP contribution in [-0.2, 0) is 11.2 Å². The quantitative estimate of drug-likeness (QED) is 0.672. The number of benzene rings is 1. The van der Waals surface area contributed by atoms with Crippen LogP contribution in [0.2, 0.25) is 0 Å². The standard InChI is InChI=1S/C10H10BNO3/c11-9(13)7-3-1-6(2-4-7)5-8(12)10(14)15/h1-4,8H,5,12H2,(H,14,15)/t8-/m0/s1. The Labute approximate surface area is 88.5 Å². The van der Waals surface area contributed by atoms with Crippen LogP contribution in [0, 0.1) is 0 Å². The molecule has 0 aliphatic rings. The zero-order valence-corrected chi connectivity index (χ0v) is 8.01. The maximum atomic E-state index is 10.7. The molecule has 0 aromatic heterocycles. The van der Waals surface area contributed by atoms with Gasteiger partial charge in [-0.05, 0) is 12.0 Å². The van der Waals surface area contributed by atoms with Crippen LogP contribution in [0.25, 0.3) is 0 Å². The van der Waals surface area contributed by atoms with E-state index >= 15 is 0 Å². The zero-order chi connectivity index (χ0) is 11.4. The highest BCUT2D eigenvalue weighted by atomic mass is 16.4. The van der Waals surface area contributed by atoms with E-state index in [0.29, 0.717) is 5.56 Å². The molecule has 0 saturated carbocycles. The fourth-order valence-electron chi connectivity index (χ4n) is 1.15. The van der Waals surface area contributed by atoms with Gasteiger partial charge in [0, 0.05) is 5.56 Å². The molecule has 3 N–H and O–H groups in total. The smallest absolute Gasteiger partial charge is 0.320 e. The maximum absolute atomic E-state index is 10.7. The van der Waals surface area contributed by atoms with E-state index in [1.807, 2.05) is 0 Å². The normalized spacial score (nSPS) is 12.1. The molecule has 4 nitrogen and oxygen atoms in total. The lowest BCUT2D eigenvalue weighted by Crippen LogP contribution is -2.32. The second-order valence-corrected chi connectivity index (χ2v) is 3.21. The summed E-state index contributed by atoms with van der Waals surface area (Å²) in [6, 6.07) is 5.45. The number of carboxylic acid groups (broad SMARTS) is 1. The molecule has 0 saturated heterocycles. The van der Waals surface area contributed by atoms with E-state index in [2.05, 4.69) is 0 Å². The minimum atomic E-state index is -1.05. The van der Waals surface area contributed by atoms with Crippen molar-refractivity contribution in [1.29, 1.82) is 0 Å². The van der Waals surface area contributed by atoms with Crippen LogP contribution >= 0.6 is 0 Å². The minimum Gasteiger partial charge on any atom is -0.480 e. The lowest BCUT2D eigenvalue weighted by Gasteiger charge is -2.06. The third kappa shape index (κ3) is 3.21. The van der Waals surface area contributed by atoms with Crippen LogP contribution in [-0.4, -0.2) is 30.6 Å². The lowest BCUT2D eigenvalue weighted by atomic mass is 9.93. The monoisotopic (exact) mass is 203 g/mol. The van der Waals surface area contributed by atoms with E-state index in [1.54, 1.807) is 24.3 Å². The minimum absolute atomic E-state index is 0.231. The first-order valence-electron chi connectivity index (χ1n) is 4.38. The van der Waals surface area contributed by atoms with Gasteiger partial charge in [0.05, 0.1) is 0 Å². The van der Waals surface area contributed by atoms with Crippen LogP contribution in [0.3, 0.4) is 0 Å². The average molecular weight is 203 g/mol. The molecule has 0 amide bonds. The summed E-state index contributed by atoms with van der Waals surface area (Å²) in [6.45, 7) is 0. The molecule has 1 rings (SSSR count). The largest absolute Gasteiger partial charge is 0.480 e. The van der Waals surface area contributed by atoms with E-state index in [1.165, 1.54) is 0 Å².